The number of aromatic amines is 2. The fraction of sp³-hybridized carbons (Fsp3) is 0.190. The number of carbonyl (C=O) groups excluding carboxylic acids is 1. The molecule has 0 spiro atoms. The number of halogens is 1. The first kappa shape index (κ1) is 16.7. The molecule has 2 aromatic carbocycles. The molecule has 1 aliphatic heterocycles. The van der Waals surface area contributed by atoms with E-state index in [0.717, 1.165) is 18.4 Å². The fourth-order valence-corrected chi connectivity index (χ4v) is 3.88. The third kappa shape index (κ3) is 2.76. The van der Waals surface area contributed by atoms with Crippen molar-refractivity contribution in [3.05, 3.63) is 71.9 Å². The number of nitrogens with zero attached hydrogens (tertiary/aromatic N) is 3. The number of H-pyrrole nitrogens is 2. The molecule has 1 fully saturated rings. The number of benzene rings is 2. The smallest absolute Gasteiger partial charge is 0.258 e. The van der Waals surface area contributed by atoms with Gasteiger partial charge >= 0.3 is 0 Å². The van der Waals surface area contributed by atoms with Crippen LogP contribution in [-0.2, 0) is 0 Å². The van der Waals surface area contributed by atoms with Gasteiger partial charge in [0.05, 0.1) is 34.5 Å². The van der Waals surface area contributed by atoms with Gasteiger partial charge in [-0.1, -0.05) is 30.3 Å². The average molecular weight is 375 g/mol. The van der Waals surface area contributed by atoms with E-state index in [2.05, 4.69) is 20.2 Å². The zero-order valence-corrected chi connectivity index (χ0v) is 15.0. The minimum atomic E-state index is -0.312. The molecule has 140 valence electrons. The first-order valence-corrected chi connectivity index (χ1v) is 9.25. The van der Waals surface area contributed by atoms with Crippen molar-refractivity contribution >= 4 is 16.9 Å². The molecule has 1 amide bonds. The number of carbonyl (C=O) groups is 1. The first-order valence-electron chi connectivity index (χ1n) is 9.25. The Hall–Kier alpha value is -3.48. The number of fused-ring (bicyclic) bond motifs is 1. The van der Waals surface area contributed by atoms with E-state index in [-0.39, 0.29) is 17.8 Å². The molecule has 1 aliphatic rings. The van der Waals surface area contributed by atoms with Crippen molar-refractivity contribution in [2.45, 2.75) is 18.9 Å². The molecule has 2 N–H and O–H groups in total. The maximum absolute atomic E-state index is 13.5. The number of hydrogen-bond donors (Lipinski definition) is 2. The van der Waals surface area contributed by atoms with E-state index >= 15 is 0 Å². The third-order valence-electron chi connectivity index (χ3n) is 5.22. The fourth-order valence-electron chi connectivity index (χ4n) is 3.88. The molecule has 0 unspecified atom stereocenters. The predicted molar refractivity (Wildman–Crippen MR) is 103 cm³/mol. The maximum Gasteiger partial charge on any atom is 0.258 e. The second-order valence-electron chi connectivity index (χ2n) is 6.96. The molecule has 0 aliphatic carbocycles. The lowest BCUT2D eigenvalue weighted by Gasteiger charge is -2.23. The molecule has 2 aromatic heterocycles. The van der Waals surface area contributed by atoms with Crippen LogP contribution < -0.4 is 0 Å². The van der Waals surface area contributed by atoms with Crippen LogP contribution in [0.25, 0.3) is 22.3 Å². The molecule has 5 rings (SSSR count). The van der Waals surface area contributed by atoms with E-state index in [9.17, 15) is 9.18 Å². The quantitative estimate of drug-likeness (QED) is 0.567. The Balaban J connectivity index is 1.49. The van der Waals surface area contributed by atoms with Crippen LogP contribution in [0.4, 0.5) is 4.39 Å². The molecule has 1 saturated heterocycles. The highest BCUT2D eigenvalue weighted by atomic mass is 19.1. The number of likely N-dealkylation sites (tertiary alicyclic amines) is 1. The van der Waals surface area contributed by atoms with E-state index in [1.54, 1.807) is 12.3 Å². The summed E-state index contributed by atoms with van der Waals surface area (Å²) in [6.45, 7) is 0.647. The van der Waals surface area contributed by atoms with Gasteiger partial charge in [-0.15, -0.1) is 0 Å². The maximum atomic E-state index is 13.5. The highest BCUT2D eigenvalue weighted by molar-refractivity contribution is 6.00. The Labute approximate surface area is 160 Å². The van der Waals surface area contributed by atoms with Gasteiger partial charge in [0.15, 0.2) is 0 Å². The Kier molecular flexibility index (Phi) is 3.93. The van der Waals surface area contributed by atoms with Crippen LogP contribution in [0.2, 0.25) is 0 Å². The van der Waals surface area contributed by atoms with E-state index in [0.29, 0.717) is 34.7 Å². The summed E-state index contributed by atoms with van der Waals surface area (Å²) in [7, 11) is 0. The van der Waals surface area contributed by atoms with Crippen molar-refractivity contribution in [3.63, 3.8) is 0 Å². The molecule has 6 nitrogen and oxygen atoms in total. The van der Waals surface area contributed by atoms with Crippen molar-refractivity contribution in [2.24, 2.45) is 0 Å². The summed E-state index contributed by atoms with van der Waals surface area (Å²) in [5.74, 6) is 0.297. The van der Waals surface area contributed by atoms with Crippen molar-refractivity contribution in [2.75, 3.05) is 6.54 Å². The summed E-state index contributed by atoms with van der Waals surface area (Å²) in [5, 5.41) is 7.04. The van der Waals surface area contributed by atoms with Crippen LogP contribution in [0.15, 0.2) is 54.7 Å². The molecule has 0 bridgehead atoms. The van der Waals surface area contributed by atoms with Gasteiger partial charge in [-0.05, 0) is 31.0 Å². The normalized spacial score (nSPS) is 16.8. The van der Waals surface area contributed by atoms with Crippen molar-refractivity contribution in [1.29, 1.82) is 0 Å². The molecule has 7 heteroatoms. The minimum Gasteiger partial charge on any atom is -0.340 e. The summed E-state index contributed by atoms with van der Waals surface area (Å²) >= 11 is 0. The molecule has 0 saturated carbocycles. The number of imidazole rings is 1. The van der Waals surface area contributed by atoms with E-state index in [4.69, 9.17) is 0 Å². The summed E-state index contributed by atoms with van der Waals surface area (Å²) in [6, 6.07) is 14.0. The van der Waals surface area contributed by atoms with E-state index < -0.39 is 0 Å². The monoisotopic (exact) mass is 375 g/mol. The van der Waals surface area contributed by atoms with Crippen LogP contribution >= 0.6 is 0 Å². The van der Waals surface area contributed by atoms with Gasteiger partial charge in [-0.2, -0.15) is 5.10 Å². The van der Waals surface area contributed by atoms with Gasteiger partial charge < -0.3 is 9.88 Å². The summed E-state index contributed by atoms with van der Waals surface area (Å²) in [5.41, 5.74) is 3.51. The Morgan fingerprint density at radius 3 is 2.89 bits per heavy atom. The molecule has 0 radical (unpaired) electrons. The highest BCUT2D eigenvalue weighted by Gasteiger charge is 2.34. The zero-order valence-electron chi connectivity index (χ0n) is 15.0. The second-order valence-corrected chi connectivity index (χ2v) is 6.96. The van der Waals surface area contributed by atoms with Gasteiger partial charge in [0.2, 0.25) is 0 Å². The van der Waals surface area contributed by atoms with Gasteiger partial charge in [-0.3, -0.25) is 9.89 Å². The number of aromatic nitrogens is 4. The largest absolute Gasteiger partial charge is 0.340 e. The van der Waals surface area contributed by atoms with Crippen LogP contribution in [0.3, 0.4) is 0 Å². The zero-order chi connectivity index (χ0) is 19.1. The van der Waals surface area contributed by atoms with Gasteiger partial charge in [0, 0.05) is 12.1 Å². The number of rotatable bonds is 3. The second kappa shape index (κ2) is 6.60. The molecule has 1 atom stereocenters. The van der Waals surface area contributed by atoms with Crippen LogP contribution in [0, 0.1) is 5.82 Å². The molecule has 28 heavy (non-hydrogen) atoms. The van der Waals surface area contributed by atoms with Crippen molar-refractivity contribution in [1.82, 2.24) is 25.1 Å². The lowest BCUT2D eigenvalue weighted by molar-refractivity contribution is 0.0731. The Morgan fingerprint density at radius 1 is 1.18 bits per heavy atom. The van der Waals surface area contributed by atoms with Crippen molar-refractivity contribution < 1.29 is 9.18 Å². The van der Waals surface area contributed by atoms with Gasteiger partial charge in [0.1, 0.15) is 11.6 Å². The molecular formula is C21H18FN5O. The third-order valence-corrected chi connectivity index (χ3v) is 5.22. The number of hydrogen-bond acceptors (Lipinski definition) is 3. The van der Waals surface area contributed by atoms with Crippen LogP contribution in [0.5, 0.6) is 0 Å². The topological polar surface area (TPSA) is 77.7 Å². The lowest BCUT2D eigenvalue weighted by atomic mass is 10.1. The minimum absolute atomic E-state index is 0.0817. The van der Waals surface area contributed by atoms with E-state index in [1.807, 2.05) is 35.2 Å². The molecular weight excluding hydrogens is 357 g/mol. The lowest BCUT2D eigenvalue weighted by Crippen LogP contribution is -2.31. The Morgan fingerprint density at radius 2 is 2.04 bits per heavy atom. The van der Waals surface area contributed by atoms with Gasteiger partial charge in [-0.25, -0.2) is 9.37 Å². The average Bonchev–Trinajstić information content (AvgIpc) is 3.45. The molecule has 4 aromatic rings. The summed E-state index contributed by atoms with van der Waals surface area (Å²) < 4.78 is 13.5. The van der Waals surface area contributed by atoms with E-state index in [1.165, 1.54) is 12.1 Å². The predicted octanol–water partition coefficient (Wildman–Crippen LogP) is 4.07. The van der Waals surface area contributed by atoms with Crippen LogP contribution in [0.1, 0.15) is 35.1 Å². The number of nitrogens with one attached hydrogen (secondary N) is 2. The summed E-state index contributed by atoms with van der Waals surface area (Å²) in [4.78, 5) is 22.9. The number of amides is 1. The molecule has 3 heterocycles. The first-order chi connectivity index (χ1) is 13.7. The standard InChI is InChI=1S/C21H18FN5O/c22-14-8-9-16-17(11-14)25-20(24-16)18-7-4-10-27(18)21(28)15-12-23-26-19(15)13-5-2-1-3-6-13/h1-3,5-6,8-9,11-12,18H,4,7,10H2,(H,23,26)(H,24,25)/t18-/m1/s1. The Bertz CT molecular complexity index is 1150. The van der Waals surface area contributed by atoms with Crippen molar-refractivity contribution in [3.8, 4) is 11.3 Å². The van der Waals surface area contributed by atoms with Crippen LogP contribution in [-0.4, -0.2) is 37.5 Å². The SMILES string of the molecule is O=C(c1cn[nH]c1-c1ccccc1)N1CCC[C@@H]1c1nc2ccc(F)cc2[nH]1. The van der Waals surface area contributed by atoms with Gasteiger partial charge in [0.25, 0.3) is 5.91 Å². The highest BCUT2D eigenvalue weighted by Crippen LogP contribution is 2.34. The summed E-state index contributed by atoms with van der Waals surface area (Å²) in [6.07, 6.45) is 3.28.